The van der Waals surface area contributed by atoms with Gasteiger partial charge in [-0.05, 0) is 46.5 Å². The van der Waals surface area contributed by atoms with E-state index >= 15 is 0 Å². The Labute approximate surface area is 138 Å². The molecule has 1 aliphatic rings. The molecule has 1 saturated heterocycles. The second-order valence-corrected chi connectivity index (χ2v) is 7.02. The first-order valence-electron chi connectivity index (χ1n) is 8.20. The van der Waals surface area contributed by atoms with Crippen LogP contribution in [0.1, 0.15) is 52.3 Å². The van der Waals surface area contributed by atoms with Crippen molar-refractivity contribution >= 4 is 6.09 Å². The lowest BCUT2D eigenvalue weighted by atomic mass is 9.98. The van der Waals surface area contributed by atoms with Gasteiger partial charge in [0.25, 0.3) is 0 Å². The minimum atomic E-state index is -0.441. The Morgan fingerprint density at radius 3 is 2.61 bits per heavy atom. The first-order valence-corrected chi connectivity index (χ1v) is 8.20. The predicted octanol–water partition coefficient (Wildman–Crippen LogP) is 3.20. The van der Waals surface area contributed by atoms with E-state index in [1.54, 1.807) is 23.5 Å². The number of likely N-dealkylation sites (tertiary alicyclic amines) is 1. The summed E-state index contributed by atoms with van der Waals surface area (Å²) in [7, 11) is 0. The molecule has 0 bridgehead atoms. The zero-order valence-corrected chi connectivity index (χ0v) is 14.5. The minimum absolute atomic E-state index is 0.0624. The van der Waals surface area contributed by atoms with E-state index in [9.17, 15) is 4.79 Å². The summed E-state index contributed by atoms with van der Waals surface area (Å²) < 4.78 is 11.3. The number of amides is 1. The lowest BCUT2D eigenvalue weighted by molar-refractivity contribution is 0.000524. The first kappa shape index (κ1) is 17.7. The SMILES string of the molecule is C[C@@H](OCC1CCN(C(=O)OC(C)(C)C)CC1)c1cnccn1. The van der Waals surface area contributed by atoms with E-state index in [1.165, 1.54) is 0 Å². The van der Waals surface area contributed by atoms with Gasteiger partial charge in [-0.25, -0.2) is 4.79 Å². The Morgan fingerprint density at radius 2 is 2.04 bits per heavy atom. The molecule has 0 radical (unpaired) electrons. The van der Waals surface area contributed by atoms with E-state index in [-0.39, 0.29) is 12.2 Å². The van der Waals surface area contributed by atoms with Gasteiger partial charge in [-0.2, -0.15) is 0 Å². The first-order chi connectivity index (χ1) is 10.8. The minimum Gasteiger partial charge on any atom is -0.444 e. The molecule has 0 N–H and O–H groups in total. The zero-order chi connectivity index (χ0) is 16.9. The van der Waals surface area contributed by atoms with Gasteiger partial charge in [0.1, 0.15) is 5.60 Å². The third-order valence-corrected chi connectivity index (χ3v) is 3.85. The maximum Gasteiger partial charge on any atom is 0.410 e. The summed E-state index contributed by atoms with van der Waals surface area (Å²) in [5.41, 5.74) is 0.405. The molecule has 1 amide bonds. The smallest absolute Gasteiger partial charge is 0.410 e. The van der Waals surface area contributed by atoms with E-state index < -0.39 is 5.60 Å². The van der Waals surface area contributed by atoms with Gasteiger partial charge in [0, 0.05) is 25.5 Å². The third kappa shape index (κ3) is 5.78. The van der Waals surface area contributed by atoms with Crippen molar-refractivity contribution in [3.8, 4) is 0 Å². The second-order valence-electron chi connectivity index (χ2n) is 7.02. The fourth-order valence-electron chi connectivity index (χ4n) is 2.50. The Bertz CT molecular complexity index is 494. The third-order valence-electron chi connectivity index (χ3n) is 3.85. The van der Waals surface area contributed by atoms with Crippen molar-refractivity contribution in [2.24, 2.45) is 5.92 Å². The van der Waals surface area contributed by atoms with Crippen molar-refractivity contribution in [2.75, 3.05) is 19.7 Å². The summed E-state index contributed by atoms with van der Waals surface area (Å²) >= 11 is 0. The molecule has 2 heterocycles. The molecule has 0 spiro atoms. The molecule has 23 heavy (non-hydrogen) atoms. The summed E-state index contributed by atoms with van der Waals surface area (Å²) in [4.78, 5) is 22.1. The number of hydrogen-bond donors (Lipinski definition) is 0. The van der Waals surface area contributed by atoms with Gasteiger partial charge in [-0.3, -0.25) is 9.97 Å². The maximum atomic E-state index is 12.0. The fraction of sp³-hybridized carbons (Fsp3) is 0.706. The van der Waals surface area contributed by atoms with Crippen LogP contribution in [0.3, 0.4) is 0 Å². The van der Waals surface area contributed by atoms with Crippen LogP contribution in [0.5, 0.6) is 0 Å². The number of piperidine rings is 1. The molecule has 0 saturated carbocycles. The Hall–Kier alpha value is -1.69. The van der Waals surface area contributed by atoms with E-state index in [1.807, 2.05) is 27.7 Å². The molecule has 6 nitrogen and oxygen atoms in total. The molecule has 0 aliphatic carbocycles. The van der Waals surface area contributed by atoms with Gasteiger partial charge < -0.3 is 14.4 Å². The van der Waals surface area contributed by atoms with Crippen LogP contribution in [0.4, 0.5) is 4.79 Å². The van der Waals surface area contributed by atoms with Gasteiger partial charge in [0.05, 0.1) is 24.6 Å². The van der Waals surface area contributed by atoms with Crippen LogP contribution in [-0.4, -0.2) is 46.3 Å². The van der Waals surface area contributed by atoms with Crippen LogP contribution >= 0.6 is 0 Å². The number of carbonyl (C=O) groups excluding carboxylic acids is 1. The summed E-state index contributed by atoms with van der Waals surface area (Å²) in [6.07, 6.45) is 6.66. The fourth-order valence-corrected chi connectivity index (χ4v) is 2.50. The highest BCUT2D eigenvalue weighted by Crippen LogP contribution is 2.22. The maximum absolute atomic E-state index is 12.0. The summed E-state index contributed by atoms with van der Waals surface area (Å²) in [5.74, 6) is 0.466. The van der Waals surface area contributed by atoms with Gasteiger partial charge >= 0.3 is 6.09 Å². The molecule has 0 unspecified atom stereocenters. The lowest BCUT2D eigenvalue weighted by Gasteiger charge is -2.33. The van der Waals surface area contributed by atoms with Crippen LogP contribution < -0.4 is 0 Å². The Balaban J connectivity index is 1.72. The van der Waals surface area contributed by atoms with Crippen molar-refractivity contribution in [1.29, 1.82) is 0 Å². The number of hydrogen-bond acceptors (Lipinski definition) is 5. The van der Waals surface area contributed by atoms with Crippen molar-refractivity contribution in [3.63, 3.8) is 0 Å². The van der Waals surface area contributed by atoms with Gasteiger partial charge in [0.2, 0.25) is 0 Å². The number of ether oxygens (including phenoxy) is 2. The Kier molecular flexibility index (Phi) is 5.93. The van der Waals surface area contributed by atoms with E-state index in [0.717, 1.165) is 31.6 Å². The van der Waals surface area contributed by atoms with Crippen molar-refractivity contribution < 1.29 is 14.3 Å². The molecule has 2 rings (SSSR count). The van der Waals surface area contributed by atoms with Gasteiger partial charge in [-0.1, -0.05) is 0 Å². The molecule has 0 aromatic carbocycles. The standard InChI is InChI=1S/C17H27N3O3/c1-13(15-11-18-7-8-19-15)22-12-14-5-9-20(10-6-14)16(21)23-17(2,3)4/h7-8,11,13-14H,5-6,9-10,12H2,1-4H3/t13-/m1/s1. The quantitative estimate of drug-likeness (QED) is 0.852. The molecule has 6 heteroatoms. The van der Waals surface area contributed by atoms with Crippen molar-refractivity contribution in [1.82, 2.24) is 14.9 Å². The summed E-state index contributed by atoms with van der Waals surface area (Å²) in [6.45, 7) is 9.78. The van der Waals surface area contributed by atoms with Gasteiger partial charge in [0.15, 0.2) is 0 Å². The van der Waals surface area contributed by atoms with Crippen LogP contribution in [0.25, 0.3) is 0 Å². The zero-order valence-electron chi connectivity index (χ0n) is 14.5. The van der Waals surface area contributed by atoms with E-state index in [4.69, 9.17) is 9.47 Å². The average molecular weight is 321 g/mol. The van der Waals surface area contributed by atoms with Crippen LogP contribution in [0, 0.1) is 5.92 Å². The number of carbonyl (C=O) groups is 1. The van der Waals surface area contributed by atoms with Crippen LogP contribution in [-0.2, 0) is 9.47 Å². The number of aromatic nitrogens is 2. The predicted molar refractivity (Wildman–Crippen MR) is 86.9 cm³/mol. The van der Waals surface area contributed by atoms with Gasteiger partial charge in [-0.15, -0.1) is 0 Å². The van der Waals surface area contributed by atoms with Crippen molar-refractivity contribution in [3.05, 3.63) is 24.3 Å². The average Bonchev–Trinajstić information content (AvgIpc) is 2.52. The molecular formula is C17H27N3O3. The van der Waals surface area contributed by atoms with Crippen LogP contribution in [0.15, 0.2) is 18.6 Å². The molecular weight excluding hydrogens is 294 g/mol. The van der Waals surface area contributed by atoms with E-state index in [0.29, 0.717) is 12.5 Å². The monoisotopic (exact) mass is 321 g/mol. The molecule has 1 atom stereocenters. The number of rotatable bonds is 4. The summed E-state index contributed by atoms with van der Waals surface area (Å²) in [5, 5.41) is 0. The highest BCUT2D eigenvalue weighted by molar-refractivity contribution is 5.68. The second kappa shape index (κ2) is 7.73. The summed E-state index contributed by atoms with van der Waals surface area (Å²) in [6, 6.07) is 0. The molecule has 1 aromatic rings. The highest BCUT2D eigenvalue weighted by atomic mass is 16.6. The Morgan fingerprint density at radius 1 is 1.35 bits per heavy atom. The molecule has 1 aliphatic heterocycles. The molecule has 1 fully saturated rings. The molecule has 128 valence electrons. The normalized spacial score (nSPS) is 17.8. The van der Waals surface area contributed by atoms with Crippen LogP contribution in [0.2, 0.25) is 0 Å². The number of nitrogens with zero attached hydrogens (tertiary/aromatic N) is 3. The topological polar surface area (TPSA) is 64.5 Å². The highest BCUT2D eigenvalue weighted by Gasteiger charge is 2.27. The van der Waals surface area contributed by atoms with Crippen molar-refractivity contribution in [2.45, 2.75) is 52.2 Å². The largest absolute Gasteiger partial charge is 0.444 e. The van der Waals surface area contributed by atoms with E-state index in [2.05, 4.69) is 9.97 Å². The lowest BCUT2D eigenvalue weighted by Crippen LogP contribution is -2.42. The molecule has 1 aromatic heterocycles.